The van der Waals surface area contributed by atoms with Crippen LogP contribution >= 0.6 is 0 Å². The zero-order valence-corrected chi connectivity index (χ0v) is 15.0. The lowest BCUT2D eigenvalue weighted by atomic mass is 9.99. The first-order valence-corrected chi connectivity index (χ1v) is 9.39. The minimum absolute atomic E-state index is 0.0400. The summed E-state index contributed by atoms with van der Waals surface area (Å²) in [7, 11) is 1.83. The Kier molecular flexibility index (Phi) is 6.08. The van der Waals surface area contributed by atoms with Crippen molar-refractivity contribution in [1.29, 1.82) is 0 Å². The van der Waals surface area contributed by atoms with E-state index in [0.717, 1.165) is 45.1 Å². The van der Waals surface area contributed by atoms with Gasteiger partial charge in [0, 0.05) is 32.3 Å². The molecule has 0 saturated carbocycles. The number of likely N-dealkylation sites (tertiary alicyclic amines) is 1. The van der Waals surface area contributed by atoms with Crippen LogP contribution < -0.4 is 0 Å². The van der Waals surface area contributed by atoms with Gasteiger partial charge in [-0.1, -0.05) is 18.2 Å². The average molecular weight is 344 g/mol. The molecule has 0 radical (unpaired) electrons. The summed E-state index contributed by atoms with van der Waals surface area (Å²) in [6.45, 7) is 2.05. The van der Waals surface area contributed by atoms with Crippen LogP contribution in [0.5, 0.6) is 0 Å². The molecule has 5 nitrogen and oxygen atoms in total. The smallest absolute Gasteiger partial charge is 0.254 e. The summed E-state index contributed by atoms with van der Waals surface area (Å²) in [6.07, 6.45) is 6.10. The van der Waals surface area contributed by atoms with Crippen LogP contribution in [-0.4, -0.2) is 60.5 Å². The van der Waals surface area contributed by atoms with E-state index in [1.807, 2.05) is 37.4 Å². The molecule has 0 bridgehead atoms. The molecule has 0 aromatic heterocycles. The number of likely N-dealkylation sites (N-methyl/N-ethyl adjacent to an activating group) is 1. The summed E-state index contributed by atoms with van der Waals surface area (Å²) in [5.74, 6) is -0.000814. The normalized spacial score (nSPS) is 24.0. The van der Waals surface area contributed by atoms with Crippen molar-refractivity contribution in [2.75, 3.05) is 26.7 Å². The van der Waals surface area contributed by atoms with E-state index in [4.69, 9.17) is 4.74 Å². The maximum atomic E-state index is 13.0. The van der Waals surface area contributed by atoms with Crippen molar-refractivity contribution >= 4 is 11.8 Å². The van der Waals surface area contributed by atoms with Gasteiger partial charge in [0.1, 0.15) is 6.04 Å². The minimum atomic E-state index is -0.352. The molecule has 2 saturated heterocycles. The zero-order chi connectivity index (χ0) is 17.6. The van der Waals surface area contributed by atoms with Gasteiger partial charge in [0.05, 0.1) is 6.10 Å². The molecular weight excluding hydrogens is 316 g/mol. The molecule has 0 aliphatic carbocycles. The second-order valence-corrected chi connectivity index (χ2v) is 7.08. The number of benzene rings is 1. The van der Waals surface area contributed by atoms with Crippen LogP contribution in [0.15, 0.2) is 30.3 Å². The van der Waals surface area contributed by atoms with Crippen molar-refractivity contribution in [2.24, 2.45) is 0 Å². The lowest BCUT2D eigenvalue weighted by molar-refractivity contribution is -0.138. The molecule has 2 aliphatic rings. The van der Waals surface area contributed by atoms with Gasteiger partial charge in [-0.3, -0.25) is 9.59 Å². The van der Waals surface area contributed by atoms with E-state index in [2.05, 4.69) is 0 Å². The van der Waals surface area contributed by atoms with E-state index in [0.29, 0.717) is 18.7 Å². The lowest BCUT2D eigenvalue weighted by Gasteiger charge is -2.38. The maximum Gasteiger partial charge on any atom is 0.254 e. The number of amides is 2. The SMILES string of the molecule is CN(C[C@@H]1CCCCO1)C(=O)[C@@H]1CCCCN1C(=O)c1ccccc1. The fourth-order valence-electron chi connectivity index (χ4n) is 3.78. The number of hydrogen-bond acceptors (Lipinski definition) is 3. The fourth-order valence-corrected chi connectivity index (χ4v) is 3.78. The molecule has 25 heavy (non-hydrogen) atoms. The number of carbonyl (C=O) groups excluding carboxylic acids is 2. The minimum Gasteiger partial charge on any atom is -0.376 e. The Hall–Kier alpha value is -1.88. The Morgan fingerprint density at radius 2 is 1.88 bits per heavy atom. The number of hydrogen-bond donors (Lipinski definition) is 0. The largest absolute Gasteiger partial charge is 0.376 e. The molecular formula is C20H28N2O3. The van der Waals surface area contributed by atoms with Gasteiger partial charge < -0.3 is 14.5 Å². The van der Waals surface area contributed by atoms with E-state index in [1.165, 1.54) is 0 Å². The van der Waals surface area contributed by atoms with E-state index >= 15 is 0 Å². The molecule has 1 aromatic carbocycles. The first-order valence-electron chi connectivity index (χ1n) is 9.39. The van der Waals surface area contributed by atoms with E-state index < -0.39 is 0 Å². The van der Waals surface area contributed by atoms with Gasteiger partial charge in [-0.2, -0.15) is 0 Å². The molecule has 2 amide bonds. The number of ether oxygens (including phenoxy) is 1. The number of carbonyl (C=O) groups is 2. The predicted molar refractivity (Wildman–Crippen MR) is 96.3 cm³/mol. The van der Waals surface area contributed by atoms with Crippen LogP contribution in [0.4, 0.5) is 0 Å². The highest BCUT2D eigenvalue weighted by atomic mass is 16.5. The summed E-state index contributed by atoms with van der Waals surface area (Å²) in [5.41, 5.74) is 0.653. The van der Waals surface area contributed by atoms with Gasteiger partial charge in [0.25, 0.3) is 5.91 Å². The van der Waals surface area contributed by atoms with Crippen molar-refractivity contribution < 1.29 is 14.3 Å². The zero-order valence-electron chi connectivity index (χ0n) is 15.0. The molecule has 5 heteroatoms. The number of piperidine rings is 1. The van der Waals surface area contributed by atoms with Crippen molar-refractivity contribution in [3.8, 4) is 0 Å². The Morgan fingerprint density at radius 1 is 1.12 bits per heavy atom. The Bertz CT molecular complexity index is 584. The third-order valence-electron chi connectivity index (χ3n) is 5.20. The summed E-state index contributed by atoms with van der Waals surface area (Å²) >= 11 is 0. The first kappa shape index (κ1) is 17.9. The molecule has 2 aliphatic heterocycles. The quantitative estimate of drug-likeness (QED) is 0.844. The standard InChI is InChI=1S/C20H28N2O3/c1-21(15-17-11-6-8-14-25-17)20(24)18-12-5-7-13-22(18)19(23)16-9-3-2-4-10-16/h2-4,9-10,17-18H,5-8,11-15H2,1H3/t17-,18-/m0/s1. The fraction of sp³-hybridized carbons (Fsp3) is 0.600. The Balaban J connectivity index is 1.67. The van der Waals surface area contributed by atoms with Crippen LogP contribution in [0.1, 0.15) is 48.9 Å². The van der Waals surface area contributed by atoms with Crippen LogP contribution in [0.3, 0.4) is 0 Å². The van der Waals surface area contributed by atoms with Gasteiger partial charge in [-0.15, -0.1) is 0 Å². The highest BCUT2D eigenvalue weighted by molar-refractivity contribution is 5.97. The molecule has 136 valence electrons. The summed E-state index contributed by atoms with van der Waals surface area (Å²) in [5, 5.41) is 0. The van der Waals surface area contributed by atoms with E-state index in [1.54, 1.807) is 9.80 Å². The average Bonchev–Trinajstić information content (AvgIpc) is 2.68. The van der Waals surface area contributed by atoms with Gasteiger partial charge in [0.15, 0.2) is 0 Å². The van der Waals surface area contributed by atoms with Crippen LogP contribution in [0.25, 0.3) is 0 Å². The Morgan fingerprint density at radius 3 is 2.60 bits per heavy atom. The third-order valence-corrected chi connectivity index (χ3v) is 5.20. The summed E-state index contributed by atoms with van der Waals surface area (Å²) < 4.78 is 5.76. The maximum absolute atomic E-state index is 13.0. The monoisotopic (exact) mass is 344 g/mol. The molecule has 0 unspecified atom stereocenters. The summed E-state index contributed by atoms with van der Waals surface area (Å²) in [4.78, 5) is 29.4. The topological polar surface area (TPSA) is 49.9 Å². The predicted octanol–water partition coefficient (Wildman–Crippen LogP) is 2.71. The highest BCUT2D eigenvalue weighted by Crippen LogP contribution is 2.22. The van der Waals surface area contributed by atoms with Crippen LogP contribution in [-0.2, 0) is 9.53 Å². The van der Waals surface area contributed by atoms with Crippen LogP contribution in [0, 0.1) is 0 Å². The second kappa shape index (κ2) is 8.48. The molecule has 2 heterocycles. The third kappa shape index (κ3) is 4.40. The highest BCUT2D eigenvalue weighted by Gasteiger charge is 2.34. The number of rotatable bonds is 4. The van der Waals surface area contributed by atoms with Gasteiger partial charge >= 0.3 is 0 Å². The van der Waals surface area contributed by atoms with Crippen molar-refractivity contribution in [2.45, 2.75) is 50.7 Å². The molecule has 1 aromatic rings. The van der Waals surface area contributed by atoms with E-state index in [-0.39, 0.29) is 24.0 Å². The molecule has 0 N–H and O–H groups in total. The van der Waals surface area contributed by atoms with Crippen molar-refractivity contribution in [3.63, 3.8) is 0 Å². The molecule has 2 fully saturated rings. The molecule has 3 rings (SSSR count). The van der Waals surface area contributed by atoms with Crippen LogP contribution in [0.2, 0.25) is 0 Å². The van der Waals surface area contributed by atoms with E-state index in [9.17, 15) is 9.59 Å². The second-order valence-electron chi connectivity index (χ2n) is 7.08. The lowest BCUT2D eigenvalue weighted by Crippen LogP contribution is -2.53. The van der Waals surface area contributed by atoms with Crippen molar-refractivity contribution in [3.05, 3.63) is 35.9 Å². The van der Waals surface area contributed by atoms with Gasteiger partial charge in [0.2, 0.25) is 5.91 Å². The first-order chi connectivity index (χ1) is 12.2. The molecule has 0 spiro atoms. The summed E-state index contributed by atoms with van der Waals surface area (Å²) in [6, 6.07) is 8.90. The van der Waals surface area contributed by atoms with Crippen molar-refractivity contribution in [1.82, 2.24) is 9.80 Å². The van der Waals surface area contributed by atoms with Gasteiger partial charge in [-0.05, 0) is 50.7 Å². The Labute approximate surface area is 149 Å². The molecule has 2 atom stereocenters. The number of nitrogens with zero attached hydrogens (tertiary/aromatic N) is 2. The van der Waals surface area contributed by atoms with Gasteiger partial charge in [-0.25, -0.2) is 0 Å².